The molecule has 2 N–H and O–H groups in total. The van der Waals surface area contributed by atoms with Crippen LogP contribution in [0.2, 0.25) is 0 Å². The number of hydrogen-bond donors (Lipinski definition) is 2. The molecule has 0 unspecified atom stereocenters. The molecule has 2 fully saturated rings. The zero-order valence-corrected chi connectivity index (χ0v) is 13.1. The summed E-state index contributed by atoms with van der Waals surface area (Å²) < 4.78 is 0. The maximum atomic E-state index is 10.6. The summed E-state index contributed by atoms with van der Waals surface area (Å²) in [5.41, 5.74) is -0.474. The molecule has 1 heterocycles. The van der Waals surface area contributed by atoms with Gasteiger partial charge in [0.25, 0.3) is 0 Å². The molecule has 0 aromatic carbocycles. The fraction of sp³-hybridized carbons (Fsp3) is 0.812. The topological polar surface area (TPSA) is 45.1 Å². The van der Waals surface area contributed by atoms with E-state index in [-0.39, 0.29) is 0 Å². The van der Waals surface area contributed by atoms with Gasteiger partial charge in [0.05, 0.1) is 10.6 Å². The summed E-state index contributed by atoms with van der Waals surface area (Å²) in [7, 11) is 0. The Balaban J connectivity index is 1.45. The Labute approximate surface area is 125 Å². The number of nitrogens with one attached hydrogen (secondary N) is 1. The molecule has 1 aromatic heterocycles. The molecular formula is C16H26N2OS. The van der Waals surface area contributed by atoms with Gasteiger partial charge < -0.3 is 10.4 Å². The van der Waals surface area contributed by atoms with Crippen molar-refractivity contribution < 1.29 is 5.11 Å². The largest absolute Gasteiger partial charge is 0.389 e. The monoisotopic (exact) mass is 294 g/mol. The van der Waals surface area contributed by atoms with Gasteiger partial charge in [-0.05, 0) is 25.7 Å². The zero-order valence-electron chi connectivity index (χ0n) is 12.2. The maximum absolute atomic E-state index is 10.6. The average Bonchev–Trinajstić information content (AvgIpc) is 2.69. The van der Waals surface area contributed by atoms with E-state index in [9.17, 15) is 5.11 Å². The average molecular weight is 294 g/mol. The molecule has 0 bridgehead atoms. The van der Waals surface area contributed by atoms with Gasteiger partial charge in [-0.3, -0.25) is 0 Å². The molecule has 1 aromatic rings. The van der Waals surface area contributed by atoms with E-state index >= 15 is 0 Å². The first-order chi connectivity index (χ1) is 9.75. The van der Waals surface area contributed by atoms with Gasteiger partial charge in [-0.1, -0.05) is 32.1 Å². The molecule has 2 aliphatic carbocycles. The minimum Gasteiger partial charge on any atom is -0.389 e. The Hall–Kier alpha value is -0.450. The molecule has 3 nitrogen and oxygen atoms in total. The van der Waals surface area contributed by atoms with Crippen LogP contribution in [0, 0.1) is 0 Å². The van der Waals surface area contributed by atoms with Gasteiger partial charge in [-0.15, -0.1) is 11.3 Å². The molecular weight excluding hydrogens is 268 g/mol. The van der Waals surface area contributed by atoms with Gasteiger partial charge in [-0.25, -0.2) is 4.98 Å². The highest BCUT2D eigenvalue weighted by Gasteiger charge is 2.27. The van der Waals surface area contributed by atoms with Crippen molar-refractivity contribution in [3.05, 3.63) is 16.1 Å². The van der Waals surface area contributed by atoms with Gasteiger partial charge in [0.1, 0.15) is 0 Å². The van der Waals surface area contributed by atoms with Gasteiger partial charge in [-0.2, -0.15) is 0 Å². The lowest BCUT2D eigenvalue weighted by Gasteiger charge is -2.26. The fourth-order valence-corrected chi connectivity index (χ4v) is 4.29. The Morgan fingerprint density at radius 3 is 2.60 bits per heavy atom. The molecule has 2 aliphatic rings. The SMILES string of the molecule is OC1(CNCc2cnc(C3CCC3)s2)CCCCCC1. The molecule has 0 atom stereocenters. The van der Waals surface area contributed by atoms with Crippen LogP contribution in [-0.2, 0) is 6.54 Å². The third-order valence-corrected chi connectivity index (χ3v) is 5.97. The predicted octanol–water partition coefficient (Wildman–Crippen LogP) is 3.59. The van der Waals surface area contributed by atoms with Crippen LogP contribution in [0.5, 0.6) is 0 Å². The smallest absolute Gasteiger partial charge is 0.0959 e. The molecule has 0 aliphatic heterocycles. The number of aromatic nitrogens is 1. The minimum atomic E-state index is -0.474. The Bertz CT molecular complexity index is 420. The Morgan fingerprint density at radius 1 is 1.20 bits per heavy atom. The Morgan fingerprint density at radius 2 is 1.95 bits per heavy atom. The second kappa shape index (κ2) is 6.54. The number of hydrogen-bond acceptors (Lipinski definition) is 4. The van der Waals surface area contributed by atoms with Crippen molar-refractivity contribution in [1.29, 1.82) is 0 Å². The fourth-order valence-electron chi connectivity index (χ4n) is 3.23. The second-order valence-corrected chi connectivity index (χ2v) is 7.68. The maximum Gasteiger partial charge on any atom is 0.0959 e. The third-order valence-electron chi connectivity index (χ3n) is 4.81. The van der Waals surface area contributed by atoms with E-state index in [1.54, 1.807) is 0 Å². The first-order valence-electron chi connectivity index (χ1n) is 8.13. The van der Waals surface area contributed by atoms with Crippen molar-refractivity contribution in [3.8, 4) is 0 Å². The zero-order chi connectivity index (χ0) is 13.8. The van der Waals surface area contributed by atoms with Gasteiger partial charge in [0.15, 0.2) is 0 Å². The molecule has 4 heteroatoms. The first kappa shape index (κ1) is 14.5. The predicted molar refractivity (Wildman–Crippen MR) is 83.1 cm³/mol. The molecule has 3 rings (SSSR count). The van der Waals surface area contributed by atoms with Crippen LogP contribution in [-0.4, -0.2) is 22.2 Å². The van der Waals surface area contributed by atoms with Crippen molar-refractivity contribution in [1.82, 2.24) is 10.3 Å². The van der Waals surface area contributed by atoms with Crippen LogP contribution in [0.1, 0.15) is 73.6 Å². The van der Waals surface area contributed by atoms with Crippen molar-refractivity contribution >= 4 is 11.3 Å². The number of aliphatic hydroxyl groups is 1. The van der Waals surface area contributed by atoms with E-state index < -0.39 is 5.60 Å². The van der Waals surface area contributed by atoms with Crippen molar-refractivity contribution in [2.24, 2.45) is 0 Å². The van der Waals surface area contributed by atoms with Crippen molar-refractivity contribution in [2.75, 3.05) is 6.54 Å². The van der Waals surface area contributed by atoms with E-state index in [0.717, 1.165) is 31.8 Å². The lowest BCUT2D eigenvalue weighted by Crippen LogP contribution is -2.39. The summed E-state index contributed by atoms with van der Waals surface area (Å²) in [5.74, 6) is 0.736. The van der Waals surface area contributed by atoms with Gasteiger partial charge in [0.2, 0.25) is 0 Å². The summed E-state index contributed by atoms with van der Waals surface area (Å²) in [4.78, 5) is 5.86. The minimum absolute atomic E-state index is 0.474. The summed E-state index contributed by atoms with van der Waals surface area (Å²) in [6.07, 6.45) is 12.8. The first-order valence-corrected chi connectivity index (χ1v) is 8.95. The number of rotatable bonds is 5. The van der Waals surface area contributed by atoms with E-state index in [4.69, 9.17) is 0 Å². The van der Waals surface area contributed by atoms with E-state index in [0.29, 0.717) is 0 Å². The Kier molecular flexibility index (Phi) is 4.74. The van der Waals surface area contributed by atoms with E-state index in [1.807, 2.05) is 17.5 Å². The molecule has 0 saturated heterocycles. The summed E-state index contributed by atoms with van der Waals surface area (Å²) >= 11 is 1.85. The van der Waals surface area contributed by atoms with Crippen LogP contribution in [0.25, 0.3) is 0 Å². The molecule has 112 valence electrons. The van der Waals surface area contributed by atoms with Crippen LogP contribution < -0.4 is 5.32 Å². The second-order valence-electron chi connectivity index (χ2n) is 6.53. The summed E-state index contributed by atoms with van der Waals surface area (Å²) in [6, 6.07) is 0. The van der Waals surface area contributed by atoms with Crippen LogP contribution in [0.4, 0.5) is 0 Å². The normalized spacial score (nSPS) is 23.2. The third kappa shape index (κ3) is 3.60. The van der Waals surface area contributed by atoms with Crippen LogP contribution >= 0.6 is 11.3 Å². The quantitative estimate of drug-likeness (QED) is 0.816. The van der Waals surface area contributed by atoms with E-state index in [2.05, 4.69) is 10.3 Å². The van der Waals surface area contributed by atoms with E-state index in [1.165, 1.54) is 54.8 Å². The number of nitrogens with zero attached hydrogens (tertiary/aromatic N) is 1. The van der Waals surface area contributed by atoms with Crippen molar-refractivity contribution in [2.45, 2.75) is 75.9 Å². The standard InChI is InChI=1S/C16H26N2OS/c19-16(8-3-1-2-4-9-16)12-17-10-14-11-18-15(20-14)13-6-5-7-13/h11,13,17,19H,1-10,12H2. The highest BCUT2D eigenvalue weighted by molar-refractivity contribution is 7.11. The highest BCUT2D eigenvalue weighted by atomic mass is 32.1. The van der Waals surface area contributed by atoms with Crippen LogP contribution in [0.3, 0.4) is 0 Å². The van der Waals surface area contributed by atoms with Crippen molar-refractivity contribution in [3.63, 3.8) is 0 Å². The summed E-state index contributed by atoms with van der Waals surface area (Å²) in [6.45, 7) is 1.58. The summed E-state index contributed by atoms with van der Waals surface area (Å²) in [5, 5.41) is 15.4. The molecule has 0 spiro atoms. The molecule has 0 amide bonds. The van der Waals surface area contributed by atoms with Crippen LogP contribution in [0.15, 0.2) is 6.20 Å². The molecule has 2 saturated carbocycles. The molecule has 20 heavy (non-hydrogen) atoms. The van der Waals surface area contributed by atoms with Gasteiger partial charge >= 0.3 is 0 Å². The number of thiazole rings is 1. The van der Waals surface area contributed by atoms with Gasteiger partial charge in [0, 0.05) is 30.1 Å². The lowest BCUT2D eigenvalue weighted by molar-refractivity contribution is 0.0251. The molecule has 0 radical (unpaired) electrons. The highest BCUT2D eigenvalue weighted by Crippen LogP contribution is 2.38. The lowest BCUT2D eigenvalue weighted by atomic mass is 9.86.